The summed E-state index contributed by atoms with van der Waals surface area (Å²) >= 11 is 7.63. The van der Waals surface area contributed by atoms with Crippen molar-refractivity contribution in [2.45, 2.75) is 6.92 Å². The number of carbonyl (C=O) groups excluding carboxylic acids is 1. The molecule has 2 aromatic heterocycles. The van der Waals surface area contributed by atoms with Crippen LogP contribution in [0.3, 0.4) is 0 Å². The monoisotopic (exact) mass is 329 g/mol. The minimum absolute atomic E-state index is 0.306. The van der Waals surface area contributed by atoms with Crippen LogP contribution in [0.4, 0.5) is 0 Å². The van der Waals surface area contributed by atoms with Crippen molar-refractivity contribution in [2.24, 2.45) is 5.10 Å². The second kappa shape index (κ2) is 6.25. The summed E-state index contributed by atoms with van der Waals surface area (Å²) in [7, 11) is 0. The standard InChI is InChI=1S/C16H12ClN3OS/c1-10(11-6-8-18-9-7-11)19-20-16(21)15-14(17)12-4-2-3-5-13(12)22-15/h2-9H,1H3,(H,20,21). The van der Waals surface area contributed by atoms with Crippen LogP contribution in [-0.4, -0.2) is 16.6 Å². The van der Waals surface area contributed by atoms with Gasteiger partial charge in [0.25, 0.3) is 5.91 Å². The van der Waals surface area contributed by atoms with E-state index in [4.69, 9.17) is 11.6 Å². The molecule has 0 aliphatic heterocycles. The molecule has 0 bridgehead atoms. The first kappa shape index (κ1) is 14.7. The van der Waals surface area contributed by atoms with Gasteiger partial charge in [0.1, 0.15) is 4.88 Å². The van der Waals surface area contributed by atoms with E-state index in [0.717, 1.165) is 15.6 Å². The lowest BCUT2D eigenvalue weighted by Crippen LogP contribution is -2.18. The van der Waals surface area contributed by atoms with E-state index in [1.54, 1.807) is 12.4 Å². The summed E-state index contributed by atoms with van der Waals surface area (Å²) in [5.41, 5.74) is 4.16. The van der Waals surface area contributed by atoms with Crippen LogP contribution >= 0.6 is 22.9 Å². The van der Waals surface area contributed by atoms with E-state index in [-0.39, 0.29) is 5.91 Å². The lowest BCUT2D eigenvalue weighted by atomic mass is 10.2. The highest BCUT2D eigenvalue weighted by molar-refractivity contribution is 7.21. The molecule has 0 unspecified atom stereocenters. The zero-order valence-corrected chi connectivity index (χ0v) is 13.3. The van der Waals surface area contributed by atoms with Crippen molar-refractivity contribution in [3.05, 3.63) is 64.3 Å². The van der Waals surface area contributed by atoms with Gasteiger partial charge in [0.2, 0.25) is 0 Å². The Bertz CT molecular complexity index is 858. The van der Waals surface area contributed by atoms with Crippen LogP contribution in [-0.2, 0) is 0 Å². The van der Waals surface area contributed by atoms with E-state index in [1.807, 2.05) is 43.3 Å². The molecule has 3 rings (SSSR count). The number of nitrogens with zero attached hydrogens (tertiary/aromatic N) is 2. The van der Waals surface area contributed by atoms with E-state index in [9.17, 15) is 4.79 Å². The number of aromatic nitrogens is 1. The van der Waals surface area contributed by atoms with Crippen molar-refractivity contribution >= 4 is 44.6 Å². The van der Waals surface area contributed by atoms with Gasteiger partial charge in [-0.3, -0.25) is 9.78 Å². The third-order valence-electron chi connectivity index (χ3n) is 3.16. The fourth-order valence-electron chi connectivity index (χ4n) is 2.00. The molecule has 0 saturated heterocycles. The Morgan fingerprint density at radius 3 is 2.68 bits per heavy atom. The minimum atomic E-state index is -0.306. The Kier molecular flexibility index (Phi) is 4.18. The second-order valence-electron chi connectivity index (χ2n) is 4.62. The lowest BCUT2D eigenvalue weighted by Gasteiger charge is -2.01. The van der Waals surface area contributed by atoms with Crippen molar-refractivity contribution < 1.29 is 4.79 Å². The molecule has 0 spiro atoms. The SMILES string of the molecule is CC(=NNC(=O)c1sc2ccccc2c1Cl)c1ccncc1. The predicted octanol–water partition coefficient (Wildman–Crippen LogP) is 4.10. The molecular formula is C16H12ClN3OS. The number of halogens is 1. The number of thiophene rings is 1. The number of nitrogens with one attached hydrogen (secondary N) is 1. The largest absolute Gasteiger partial charge is 0.283 e. The number of hydrogen-bond donors (Lipinski definition) is 1. The highest BCUT2D eigenvalue weighted by Gasteiger charge is 2.16. The zero-order chi connectivity index (χ0) is 15.5. The Morgan fingerprint density at radius 1 is 1.23 bits per heavy atom. The van der Waals surface area contributed by atoms with Crippen molar-refractivity contribution in [1.29, 1.82) is 0 Å². The van der Waals surface area contributed by atoms with Gasteiger partial charge >= 0.3 is 0 Å². The molecule has 2 heterocycles. The Hall–Kier alpha value is -2.24. The maximum Gasteiger partial charge on any atom is 0.283 e. The first-order valence-corrected chi connectivity index (χ1v) is 7.78. The molecule has 3 aromatic rings. The maximum atomic E-state index is 12.3. The third-order valence-corrected chi connectivity index (χ3v) is 4.84. The van der Waals surface area contributed by atoms with E-state index in [0.29, 0.717) is 15.6 Å². The van der Waals surface area contributed by atoms with Gasteiger partial charge in [0.15, 0.2) is 0 Å². The van der Waals surface area contributed by atoms with Crippen LogP contribution in [0.25, 0.3) is 10.1 Å². The number of fused-ring (bicyclic) bond motifs is 1. The topological polar surface area (TPSA) is 54.4 Å². The van der Waals surface area contributed by atoms with Crippen LogP contribution in [0.15, 0.2) is 53.9 Å². The summed E-state index contributed by atoms with van der Waals surface area (Å²) in [6.07, 6.45) is 3.36. The molecule has 0 aliphatic carbocycles. The minimum Gasteiger partial charge on any atom is -0.266 e. The van der Waals surface area contributed by atoms with E-state index >= 15 is 0 Å². The summed E-state index contributed by atoms with van der Waals surface area (Å²) < 4.78 is 0.979. The number of benzene rings is 1. The molecule has 1 amide bonds. The van der Waals surface area contributed by atoms with Gasteiger partial charge in [-0.2, -0.15) is 5.10 Å². The molecule has 110 valence electrons. The lowest BCUT2D eigenvalue weighted by molar-refractivity contribution is 0.0959. The van der Waals surface area contributed by atoms with E-state index < -0.39 is 0 Å². The molecule has 1 aromatic carbocycles. The Labute approximate surface area is 136 Å². The van der Waals surface area contributed by atoms with Gasteiger partial charge < -0.3 is 0 Å². The molecule has 0 saturated carbocycles. The molecule has 4 nitrogen and oxygen atoms in total. The molecular weight excluding hydrogens is 318 g/mol. The van der Waals surface area contributed by atoms with Crippen LogP contribution in [0, 0.1) is 0 Å². The summed E-state index contributed by atoms with van der Waals surface area (Å²) in [4.78, 5) is 16.7. The number of pyridine rings is 1. The fourth-order valence-corrected chi connectivity index (χ4v) is 3.41. The van der Waals surface area contributed by atoms with Gasteiger partial charge in [0.05, 0.1) is 10.7 Å². The number of hydrazone groups is 1. The second-order valence-corrected chi connectivity index (χ2v) is 6.05. The zero-order valence-electron chi connectivity index (χ0n) is 11.7. The molecule has 0 fully saturated rings. The number of amides is 1. The highest BCUT2D eigenvalue weighted by Crippen LogP contribution is 2.34. The quantitative estimate of drug-likeness (QED) is 0.581. The molecule has 1 N–H and O–H groups in total. The average Bonchev–Trinajstić information content (AvgIpc) is 2.90. The molecule has 0 aliphatic rings. The molecule has 0 radical (unpaired) electrons. The smallest absolute Gasteiger partial charge is 0.266 e. The average molecular weight is 330 g/mol. The Balaban J connectivity index is 1.83. The maximum absolute atomic E-state index is 12.3. The van der Waals surface area contributed by atoms with Gasteiger partial charge in [0, 0.05) is 28.0 Å². The van der Waals surface area contributed by atoms with Crippen molar-refractivity contribution in [2.75, 3.05) is 0 Å². The summed E-state index contributed by atoms with van der Waals surface area (Å²) in [5.74, 6) is -0.306. The van der Waals surface area contributed by atoms with Gasteiger partial charge in [-0.05, 0) is 25.1 Å². The van der Waals surface area contributed by atoms with Gasteiger partial charge in [-0.1, -0.05) is 29.8 Å². The highest BCUT2D eigenvalue weighted by atomic mass is 35.5. The number of carbonyl (C=O) groups is 1. The third kappa shape index (κ3) is 2.86. The summed E-state index contributed by atoms with van der Waals surface area (Å²) in [6, 6.07) is 11.3. The normalized spacial score (nSPS) is 11.6. The van der Waals surface area contributed by atoms with Gasteiger partial charge in [-0.25, -0.2) is 5.43 Å². The summed E-state index contributed by atoms with van der Waals surface area (Å²) in [6.45, 7) is 1.82. The van der Waals surface area contributed by atoms with Crippen LogP contribution < -0.4 is 5.43 Å². The van der Waals surface area contributed by atoms with E-state index in [2.05, 4.69) is 15.5 Å². The fraction of sp³-hybridized carbons (Fsp3) is 0.0625. The van der Waals surface area contributed by atoms with Gasteiger partial charge in [-0.15, -0.1) is 11.3 Å². The van der Waals surface area contributed by atoms with Crippen LogP contribution in [0.1, 0.15) is 22.2 Å². The van der Waals surface area contributed by atoms with E-state index in [1.165, 1.54) is 11.3 Å². The first-order valence-electron chi connectivity index (χ1n) is 6.59. The van der Waals surface area contributed by atoms with Crippen molar-refractivity contribution in [3.8, 4) is 0 Å². The van der Waals surface area contributed by atoms with Crippen LogP contribution in [0.2, 0.25) is 5.02 Å². The Morgan fingerprint density at radius 2 is 1.95 bits per heavy atom. The predicted molar refractivity (Wildman–Crippen MR) is 90.7 cm³/mol. The number of rotatable bonds is 3. The van der Waals surface area contributed by atoms with Crippen molar-refractivity contribution in [3.63, 3.8) is 0 Å². The number of hydrogen-bond acceptors (Lipinski definition) is 4. The summed E-state index contributed by atoms with van der Waals surface area (Å²) in [5, 5.41) is 5.47. The molecule has 6 heteroatoms. The first-order chi connectivity index (χ1) is 10.7. The molecule has 22 heavy (non-hydrogen) atoms. The van der Waals surface area contributed by atoms with Crippen molar-refractivity contribution in [1.82, 2.24) is 10.4 Å². The molecule has 0 atom stereocenters. The van der Waals surface area contributed by atoms with Crippen LogP contribution in [0.5, 0.6) is 0 Å².